The van der Waals surface area contributed by atoms with Crippen LogP contribution in [0.2, 0.25) is 25.1 Å². The van der Waals surface area contributed by atoms with Crippen LogP contribution in [0.1, 0.15) is 6.92 Å². The third-order valence-electron chi connectivity index (χ3n) is 2.24. The lowest BCUT2D eigenvalue weighted by Gasteiger charge is -2.27. The van der Waals surface area contributed by atoms with Crippen LogP contribution in [-0.2, 0) is 9.31 Å². The molecule has 0 aliphatic carbocycles. The minimum atomic E-state index is -1.12. The van der Waals surface area contributed by atoms with Gasteiger partial charge in [0.15, 0.2) is 0 Å². The highest BCUT2D eigenvalue weighted by Crippen LogP contribution is 2.24. The summed E-state index contributed by atoms with van der Waals surface area (Å²) in [7, 11) is 2.26. The first-order valence-electron chi connectivity index (χ1n) is 3.99. The Morgan fingerprint density at radius 3 is 1.55 bits per heavy atom. The first-order valence-corrected chi connectivity index (χ1v) is 7.56. The SMILES string of the molecule is COB(OC)C(C)[Si](C)(C)C. The highest BCUT2D eigenvalue weighted by atomic mass is 28.3. The van der Waals surface area contributed by atoms with Crippen LogP contribution in [0, 0.1) is 0 Å². The lowest BCUT2D eigenvalue weighted by molar-refractivity contribution is 0.275. The molecule has 4 heteroatoms. The summed E-state index contributed by atoms with van der Waals surface area (Å²) in [5, 5.41) is 0. The molecule has 0 bridgehead atoms. The van der Waals surface area contributed by atoms with Gasteiger partial charge in [-0.05, 0) is 5.44 Å². The van der Waals surface area contributed by atoms with E-state index in [2.05, 4.69) is 26.6 Å². The van der Waals surface area contributed by atoms with E-state index in [9.17, 15) is 0 Å². The second-order valence-corrected chi connectivity index (χ2v) is 9.64. The fourth-order valence-corrected chi connectivity index (χ4v) is 2.00. The Hall–Kier alpha value is 0.202. The van der Waals surface area contributed by atoms with E-state index < -0.39 is 8.07 Å². The van der Waals surface area contributed by atoms with Crippen molar-refractivity contribution in [2.45, 2.75) is 32.0 Å². The molecule has 0 amide bonds. The van der Waals surface area contributed by atoms with Crippen molar-refractivity contribution in [1.82, 2.24) is 0 Å². The van der Waals surface area contributed by atoms with Gasteiger partial charge in [-0.2, -0.15) is 0 Å². The van der Waals surface area contributed by atoms with E-state index >= 15 is 0 Å². The van der Waals surface area contributed by atoms with Crippen molar-refractivity contribution in [2.75, 3.05) is 14.2 Å². The third kappa shape index (κ3) is 3.40. The molecule has 66 valence electrons. The fraction of sp³-hybridized carbons (Fsp3) is 1.00. The predicted octanol–water partition coefficient (Wildman–Crippen LogP) is 2.03. The van der Waals surface area contributed by atoms with Crippen LogP contribution < -0.4 is 0 Å². The van der Waals surface area contributed by atoms with E-state index in [4.69, 9.17) is 9.31 Å². The second-order valence-electron chi connectivity index (χ2n) is 3.99. The molecule has 0 aromatic heterocycles. The lowest BCUT2D eigenvalue weighted by atomic mass is 9.85. The van der Waals surface area contributed by atoms with Crippen LogP contribution in [0.4, 0.5) is 0 Å². The van der Waals surface area contributed by atoms with Crippen molar-refractivity contribution >= 4 is 15.2 Å². The molecule has 1 atom stereocenters. The summed E-state index contributed by atoms with van der Waals surface area (Å²) in [6.07, 6.45) is 0. The molecule has 0 rings (SSSR count). The van der Waals surface area contributed by atoms with Crippen molar-refractivity contribution in [1.29, 1.82) is 0 Å². The van der Waals surface area contributed by atoms with Gasteiger partial charge in [-0.1, -0.05) is 26.6 Å². The number of hydrogen-bond acceptors (Lipinski definition) is 2. The van der Waals surface area contributed by atoms with Crippen LogP contribution in [0.15, 0.2) is 0 Å². The van der Waals surface area contributed by atoms with E-state index in [0.29, 0.717) is 5.44 Å². The van der Waals surface area contributed by atoms with Crippen LogP contribution in [-0.4, -0.2) is 29.4 Å². The fourth-order valence-electron chi connectivity index (χ4n) is 0.913. The van der Waals surface area contributed by atoms with Crippen molar-refractivity contribution in [3.05, 3.63) is 0 Å². The van der Waals surface area contributed by atoms with E-state index in [0.717, 1.165) is 0 Å². The highest BCUT2D eigenvalue weighted by Gasteiger charge is 2.34. The standard InChI is InChI=1S/C7H19BO2Si/c1-7(11(4,5)6)8(9-2)10-3/h7H,1-6H3. The maximum atomic E-state index is 5.20. The van der Waals surface area contributed by atoms with Crippen LogP contribution in [0.25, 0.3) is 0 Å². The normalized spacial score (nSPS) is 14.7. The smallest absolute Gasteiger partial charge is 0.414 e. The molecule has 0 saturated heterocycles. The molecule has 0 radical (unpaired) electrons. The Morgan fingerprint density at radius 1 is 1.09 bits per heavy atom. The van der Waals surface area contributed by atoms with Gasteiger partial charge >= 0.3 is 7.12 Å². The Balaban J connectivity index is 4.09. The van der Waals surface area contributed by atoms with Gasteiger partial charge in [-0.25, -0.2) is 0 Å². The average Bonchev–Trinajstić information content (AvgIpc) is 1.88. The summed E-state index contributed by atoms with van der Waals surface area (Å²) in [6, 6.07) is 0. The van der Waals surface area contributed by atoms with Gasteiger partial charge in [0.05, 0.1) is 0 Å². The third-order valence-corrected chi connectivity index (χ3v) is 5.24. The predicted molar refractivity (Wildman–Crippen MR) is 52.5 cm³/mol. The highest BCUT2D eigenvalue weighted by molar-refractivity contribution is 6.86. The van der Waals surface area contributed by atoms with Gasteiger partial charge in [0, 0.05) is 22.3 Å². The Kier molecular flexibility index (Phi) is 4.36. The van der Waals surface area contributed by atoms with Crippen molar-refractivity contribution in [3.8, 4) is 0 Å². The monoisotopic (exact) mass is 174 g/mol. The summed E-state index contributed by atoms with van der Waals surface area (Å²) in [6.45, 7) is 9.16. The molecule has 0 saturated carbocycles. The molecular weight excluding hydrogens is 155 g/mol. The molecule has 0 N–H and O–H groups in total. The minimum Gasteiger partial charge on any atom is -0.414 e. The van der Waals surface area contributed by atoms with Crippen molar-refractivity contribution < 1.29 is 9.31 Å². The maximum Gasteiger partial charge on any atom is 0.456 e. The van der Waals surface area contributed by atoms with Crippen LogP contribution in [0.5, 0.6) is 0 Å². The van der Waals surface area contributed by atoms with Gasteiger partial charge in [-0.15, -0.1) is 0 Å². The molecule has 0 aliphatic heterocycles. The zero-order valence-electron chi connectivity index (χ0n) is 8.47. The van der Waals surface area contributed by atoms with Gasteiger partial charge in [-0.3, -0.25) is 0 Å². The summed E-state index contributed by atoms with van der Waals surface area (Å²) >= 11 is 0. The average molecular weight is 174 g/mol. The molecule has 2 nitrogen and oxygen atoms in total. The first-order chi connectivity index (χ1) is 4.93. The van der Waals surface area contributed by atoms with E-state index in [1.54, 1.807) is 14.2 Å². The lowest BCUT2D eigenvalue weighted by Crippen LogP contribution is -2.39. The zero-order chi connectivity index (χ0) is 9.07. The summed E-state index contributed by atoms with van der Waals surface area (Å²) in [5.74, 6) is 0. The molecule has 1 unspecified atom stereocenters. The molecule has 0 fully saturated rings. The molecular formula is C7H19BO2Si. The molecule has 0 aromatic carbocycles. The maximum absolute atomic E-state index is 5.20. The minimum absolute atomic E-state index is 0.0262. The first kappa shape index (κ1) is 11.2. The van der Waals surface area contributed by atoms with Crippen LogP contribution >= 0.6 is 0 Å². The largest absolute Gasteiger partial charge is 0.456 e. The summed E-state index contributed by atoms with van der Waals surface area (Å²) < 4.78 is 10.4. The van der Waals surface area contributed by atoms with E-state index in [1.165, 1.54) is 0 Å². The van der Waals surface area contributed by atoms with Crippen molar-refractivity contribution in [3.63, 3.8) is 0 Å². The van der Waals surface area contributed by atoms with Gasteiger partial charge in [0.1, 0.15) is 0 Å². The molecule has 0 aromatic rings. The zero-order valence-corrected chi connectivity index (χ0v) is 9.47. The Morgan fingerprint density at radius 2 is 1.45 bits per heavy atom. The van der Waals surface area contributed by atoms with Gasteiger partial charge in [0.2, 0.25) is 0 Å². The number of hydrogen-bond donors (Lipinski definition) is 0. The number of rotatable bonds is 4. The van der Waals surface area contributed by atoms with Crippen molar-refractivity contribution in [2.24, 2.45) is 0 Å². The van der Waals surface area contributed by atoms with Crippen LogP contribution in [0.3, 0.4) is 0 Å². The summed E-state index contributed by atoms with van der Waals surface area (Å²) in [5.41, 5.74) is 0.539. The molecule has 0 spiro atoms. The Labute approximate surface area is 71.4 Å². The molecule has 0 aliphatic rings. The summed E-state index contributed by atoms with van der Waals surface area (Å²) in [4.78, 5) is 0. The van der Waals surface area contributed by atoms with Gasteiger partial charge in [0.25, 0.3) is 0 Å². The topological polar surface area (TPSA) is 18.5 Å². The quantitative estimate of drug-likeness (QED) is 0.607. The van der Waals surface area contributed by atoms with E-state index in [1.807, 2.05) is 0 Å². The second kappa shape index (κ2) is 4.28. The molecule has 11 heavy (non-hydrogen) atoms. The van der Waals surface area contributed by atoms with Gasteiger partial charge < -0.3 is 9.31 Å². The Bertz CT molecular complexity index is 109. The molecule has 0 heterocycles. The van der Waals surface area contributed by atoms with E-state index in [-0.39, 0.29) is 7.12 Å².